The van der Waals surface area contributed by atoms with Crippen LogP contribution in [-0.2, 0) is 0 Å². The van der Waals surface area contributed by atoms with E-state index in [-0.39, 0.29) is 22.6 Å². The summed E-state index contributed by atoms with van der Waals surface area (Å²) < 4.78 is 13.7. The molecule has 0 radical (unpaired) electrons. The average molecular weight is 294 g/mol. The quantitative estimate of drug-likeness (QED) is 0.873. The van der Waals surface area contributed by atoms with E-state index in [1.54, 1.807) is 32.2 Å². The molecule has 6 heteroatoms. The Hall–Kier alpha value is -2.01. The number of hydrogen-bond donors (Lipinski definition) is 0. The molecule has 0 fully saturated rings. The lowest BCUT2D eigenvalue weighted by Crippen LogP contribution is -2.30. The molecule has 4 nitrogen and oxygen atoms in total. The molecule has 0 aliphatic rings. The van der Waals surface area contributed by atoms with Gasteiger partial charge in [-0.15, -0.1) is 0 Å². The Bertz CT molecular complexity index is 635. The van der Waals surface area contributed by atoms with Crippen LogP contribution in [0.5, 0.6) is 0 Å². The van der Waals surface area contributed by atoms with Crippen molar-refractivity contribution in [1.29, 1.82) is 0 Å². The molecule has 1 amide bonds. The van der Waals surface area contributed by atoms with Crippen LogP contribution in [0.25, 0.3) is 0 Å². The summed E-state index contributed by atoms with van der Waals surface area (Å²) in [6, 6.07) is 5.92. The molecule has 1 unspecified atom stereocenters. The highest BCUT2D eigenvalue weighted by atomic mass is 35.5. The maximum atomic E-state index is 13.7. The van der Waals surface area contributed by atoms with Gasteiger partial charge in [-0.1, -0.05) is 29.8 Å². The van der Waals surface area contributed by atoms with Crippen LogP contribution in [0.15, 0.2) is 36.7 Å². The van der Waals surface area contributed by atoms with Crippen LogP contribution >= 0.6 is 11.6 Å². The summed E-state index contributed by atoms with van der Waals surface area (Å²) in [5.74, 6) is -0.715. The number of carbonyl (C=O) groups excluding carboxylic acids is 1. The van der Waals surface area contributed by atoms with Crippen LogP contribution in [0.3, 0.4) is 0 Å². The highest BCUT2D eigenvalue weighted by Crippen LogP contribution is 2.22. The lowest BCUT2D eigenvalue weighted by molar-refractivity contribution is 0.0734. The molecule has 1 aromatic carbocycles. The van der Waals surface area contributed by atoms with Gasteiger partial charge < -0.3 is 4.90 Å². The van der Waals surface area contributed by atoms with Crippen molar-refractivity contribution in [1.82, 2.24) is 14.9 Å². The van der Waals surface area contributed by atoms with Crippen molar-refractivity contribution in [3.63, 3.8) is 0 Å². The molecule has 0 spiro atoms. The molecule has 0 aliphatic carbocycles. The van der Waals surface area contributed by atoms with E-state index in [0.717, 1.165) is 0 Å². The molecule has 0 aliphatic heterocycles. The summed E-state index contributed by atoms with van der Waals surface area (Å²) in [5.41, 5.74) is 0.571. The molecule has 104 valence electrons. The van der Waals surface area contributed by atoms with Crippen LogP contribution in [0.2, 0.25) is 5.15 Å². The predicted octanol–water partition coefficient (Wildman–Crippen LogP) is 3.10. The van der Waals surface area contributed by atoms with Gasteiger partial charge in [0.25, 0.3) is 5.91 Å². The molecule has 0 bridgehead atoms. The van der Waals surface area contributed by atoms with Crippen molar-refractivity contribution in [3.8, 4) is 0 Å². The summed E-state index contributed by atoms with van der Waals surface area (Å²) >= 11 is 5.71. The Balaban J connectivity index is 2.25. The van der Waals surface area contributed by atoms with Gasteiger partial charge in [0.1, 0.15) is 16.7 Å². The average Bonchev–Trinajstić information content (AvgIpc) is 2.45. The van der Waals surface area contributed by atoms with Crippen molar-refractivity contribution in [2.75, 3.05) is 7.05 Å². The van der Waals surface area contributed by atoms with Gasteiger partial charge in [0.15, 0.2) is 0 Å². The summed E-state index contributed by atoms with van der Waals surface area (Å²) in [4.78, 5) is 21.4. The van der Waals surface area contributed by atoms with Crippen molar-refractivity contribution in [3.05, 3.63) is 58.9 Å². The second kappa shape index (κ2) is 5.96. The second-order valence-electron chi connectivity index (χ2n) is 4.34. The van der Waals surface area contributed by atoms with Gasteiger partial charge in [-0.3, -0.25) is 9.78 Å². The highest BCUT2D eigenvalue weighted by molar-refractivity contribution is 6.29. The molecule has 0 N–H and O–H groups in total. The first-order valence-electron chi connectivity index (χ1n) is 6.00. The summed E-state index contributed by atoms with van der Waals surface area (Å²) in [6.07, 6.45) is 2.68. The Morgan fingerprint density at radius 2 is 2.05 bits per heavy atom. The third-order valence-electron chi connectivity index (χ3n) is 3.08. The van der Waals surface area contributed by atoms with E-state index >= 15 is 0 Å². The number of hydrogen-bond acceptors (Lipinski definition) is 3. The normalized spacial score (nSPS) is 12.0. The molecule has 1 aromatic heterocycles. The van der Waals surface area contributed by atoms with Crippen LogP contribution in [-0.4, -0.2) is 27.8 Å². The smallest absolute Gasteiger partial charge is 0.274 e. The van der Waals surface area contributed by atoms with Crippen molar-refractivity contribution in [2.24, 2.45) is 0 Å². The first-order chi connectivity index (χ1) is 9.50. The summed E-state index contributed by atoms with van der Waals surface area (Å²) in [6.45, 7) is 1.74. The third kappa shape index (κ3) is 2.93. The first kappa shape index (κ1) is 14.4. The maximum absolute atomic E-state index is 13.7. The van der Waals surface area contributed by atoms with Gasteiger partial charge in [0, 0.05) is 12.6 Å². The number of halogens is 2. The fraction of sp³-hybridized carbons (Fsp3) is 0.214. The van der Waals surface area contributed by atoms with E-state index in [4.69, 9.17) is 11.6 Å². The van der Waals surface area contributed by atoms with Gasteiger partial charge >= 0.3 is 0 Å². The fourth-order valence-corrected chi connectivity index (χ4v) is 1.97. The number of carbonyl (C=O) groups is 1. The Kier molecular flexibility index (Phi) is 4.29. The number of benzene rings is 1. The fourth-order valence-electron chi connectivity index (χ4n) is 1.82. The third-order valence-corrected chi connectivity index (χ3v) is 3.26. The minimum Gasteiger partial charge on any atom is -0.333 e. The van der Waals surface area contributed by atoms with Gasteiger partial charge in [0.05, 0.1) is 18.4 Å². The van der Waals surface area contributed by atoms with Gasteiger partial charge in [-0.05, 0) is 13.0 Å². The number of rotatable bonds is 3. The molecule has 2 aromatic rings. The maximum Gasteiger partial charge on any atom is 0.274 e. The van der Waals surface area contributed by atoms with Gasteiger partial charge in [-0.25, -0.2) is 9.37 Å². The van der Waals surface area contributed by atoms with E-state index in [2.05, 4.69) is 9.97 Å². The monoisotopic (exact) mass is 293 g/mol. The minimum absolute atomic E-state index is 0.128. The summed E-state index contributed by atoms with van der Waals surface area (Å²) in [7, 11) is 1.59. The molecule has 1 heterocycles. The molecular formula is C14H13ClFN3O. The largest absolute Gasteiger partial charge is 0.333 e. The molecule has 0 saturated heterocycles. The zero-order chi connectivity index (χ0) is 14.7. The Morgan fingerprint density at radius 3 is 2.70 bits per heavy atom. The number of amides is 1. The molecule has 1 atom stereocenters. The van der Waals surface area contributed by atoms with E-state index in [1.807, 2.05) is 0 Å². The van der Waals surface area contributed by atoms with E-state index in [0.29, 0.717) is 5.56 Å². The second-order valence-corrected chi connectivity index (χ2v) is 4.73. The highest BCUT2D eigenvalue weighted by Gasteiger charge is 2.22. The van der Waals surface area contributed by atoms with E-state index < -0.39 is 6.04 Å². The van der Waals surface area contributed by atoms with Crippen LogP contribution in [0.4, 0.5) is 4.39 Å². The number of aromatic nitrogens is 2. The lowest BCUT2D eigenvalue weighted by Gasteiger charge is -2.25. The van der Waals surface area contributed by atoms with Crippen molar-refractivity contribution < 1.29 is 9.18 Å². The predicted molar refractivity (Wildman–Crippen MR) is 74.0 cm³/mol. The molecule has 0 saturated carbocycles. The van der Waals surface area contributed by atoms with Crippen LogP contribution < -0.4 is 0 Å². The van der Waals surface area contributed by atoms with E-state index in [9.17, 15) is 9.18 Å². The van der Waals surface area contributed by atoms with E-state index in [1.165, 1.54) is 23.4 Å². The standard InChI is InChI=1S/C14H13ClFN3O/c1-9(10-5-3-4-6-11(10)16)19(2)14(20)12-7-17-8-13(15)18-12/h3-9H,1-2H3. The summed E-state index contributed by atoms with van der Waals surface area (Å²) in [5, 5.41) is 0.141. The van der Waals surface area contributed by atoms with Gasteiger partial charge in [-0.2, -0.15) is 0 Å². The number of nitrogens with zero attached hydrogens (tertiary/aromatic N) is 3. The SMILES string of the molecule is CC(c1ccccc1F)N(C)C(=O)c1cncc(Cl)n1. The topological polar surface area (TPSA) is 46.1 Å². The minimum atomic E-state index is -0.426. The zero-order valence-electron chi connectivity index (χ0n) is 11.0. The zero-order valence-corrected chi connectivity index (χ0v) is 11.8. The first-order valence-corrected chi connectivity index (χ1v) is 6.37. The van der Waals surface area contributed by atoms with Crippen LogP contribution in [0, 0.1) is 5.82 Å². The molecule has 20 heavy (non-hydrogen) atoms. The van der Waals surface area contributed by atoms with Gasteiger partial charge in [0.2, 0.25) is 0 Å². The van der Waals surface area contributed by atoms with Crippen LogP contribution in [0.1, 0.15) is 29.0 Å². The lowest BCUT2D eigenvalue weighted by atomic mass is 10.1. The van der Waals surface area contributed by atoms with Crippen molar-refractivity contribution >= 4 is 17.5 Å². The molecular weight excluding hydrogens is 281 g/mol. The van der Waals surface area contributed by atoms with Crippen molar-refractivity contribution in [2.45, 2.75) is 13.0 Å². The Morgan fingerprint density at radius 1 is 1.35 bits per heavy atom. The molecule has 2 rings (SSSR count). The Labute approximate surface area is 121 Å².